The zero-order chi connectivity index (χ0) is 16.0. The quantitative estimate of drug-likeness (QED) is 0.575. The molecule has 0 bridgehead atoms. The largest absolute Gasteiger partial charge is 0.462 e. The Morgan fingerprint density at radius 1 is 1.00 bits per heavy atom. The van der Waals surface area contributed by atoms with Gasteiger partial charge in [-0.25, -0.2) is 4.79 Å². The number of rotatable bonds is 5. The van der Waals surface area contributed by atoms with Crippen molar-refractivity contribution < 1.29 is 9.53 Å². The van der Waals surface area contributed by atoms with Crippen LogP contribution in [0.4, 0.5) is 0 Å². The number of thioether (sulfide) groups is 1. The average Bonchev–Trinajstić information content (AvgIpc) is 2.48. The van der Waals surface area contributed by atoms with Crippen LogP contribution in [0.3, 0.4) is 0 Å². The van der Waals surface area contributed by atoms with Crippen LogP contribution in [0.5, 0.6) is 0 Å². The van der Waals surface area contributed by atoms with E-state index in [1.54, 1.807) is 12.1 Å². The number of benzene rings is 2. The molecule has 0 saturated carbocycles. The second-order valence-electron chi connectivity index (χ2n) is 6.11. The van der Waals surface area contributed by atoms with E-state index >= 15 is 0 Å². The molecular weight excluding hydrogens is 292 g/mol. The smallest absolute Gasteiger partial charge is 0.338 e. The summed E-state index contributed by atoms with van der Waals surface area (Å²) in [6.07, 6.45) is 0.735. The van der Waals surface area contributed by atoms with E-state index < -0.39 is 0 Å². The van der Waals surface area contributed by atoms with Crippen LogP contribution >= 0.6 is 11.8 Å². The van der Waals surface area contributed by atoms with Gasteiger partial charge in [-0.15, -0.1) is 11.8 Å². The van der Waals surface area contributed by atoms with Crippen molar-refractivity contribution in [3.63, 3.8) is 0 Å². The molecule has 0 aliphatic heterocycles. The van der Waals surface area contributed by atoms with Crippen LogP contribution < -0.4 is 0 Å². The highest BCUT2D eigenvalue weighted by atomic mass is 32.2. The topological polar surface area (TPSA) is 26.3 Å². The van der Waals surface area contributed by atoms with E-state index in [-0.39, 0.29) is 10.7 Å². The van der Waals surface area contributed by atoms with E-state index in [0.717, 1.165) is 6.42 Å². The van der Waals surface area contributed by atoms with Gasteiger partial charge in [0.05, 0.1) is 12.2 Å². The Labute approximate surface area is 136 Å². The average molecular weight is 314 g/mol. The number of esters is 1. The highest BCUT2D eigenvalue weighted by Gasteiger charge is 2.11. The monoisotopic (exact) mass is 314 g/mol. The lowest BCUT2D eigenvalue weighted by molar-refractivity contribution is 0.0509. The third kappa shape index (κ3) is 5.57. The third-order valence-corrected chi connectivity index (χ3v) is 4.10. The SMILES string of the molecule is CC(C)(C)Sc1ccc(CCOC(=O)c2ccccc2)cc1. The summed E-state index contributed by atoms with van der Waals surface area (Å²) in [5.41, 5.74) is 1.78. The summed E-state index contributed by atoms with van der Waals surface area (Å²) in [7, 11) is 0. The maximum Gasteiger partial charge on any atom is 0.338 e. The summed E-state index contributed by atoms with van der Waals surface area (Å²) >= 11 is 1.85. The predicted octanol–water partition coefficient (Wildman–Crippen LogP) is 4.98. The molecule has 0 aromatic heterocycles. The molecule has 0 aliphatic rings. The zero-order valence-corrected chi connectivity index (χ0v) is 14.2. The maximum atomic E-state index is 11.8. The Morgan fingerprint density at radius 2 is 1.64 bits per heavy atom. The highest BCUT2D eigenvalue weighted by Crippen LogP contribution is 2.31. The zero-order valence-electron chi connectivity index (χ0n) is 13.3. The molecule has 0 atom stereocenters. The molecule has 0 heterocycles. The Hall–Kier alpha value is -1.74. The fraction of sp³-hybridized carbons (Fsp3) is 0.316. The molecule has 0 aliphatic carbocycles. The van der Waals surface area contributed by atoms with Crippen molar-refractivity contribution in [2.24, 2.45) is 0 Å². The minimum Gasteiger partial charge on any atom is -0.462 e. The minimum atomic E-state index is -0.263. The van der Waals surface area contributed by atoms with Gasteiger partial charge in [0.1, 0.15) is 0 Å². The lowest BCUT2D eigenvalue weighted by Gasteiger charge is -2.17. The molecule has 0 spiro atoms. The summed E-state index contributed by atoms with van der Waals surface area (Å²) in [4.78, 5) is 13.1. The van der Waals surface area contributed by atoms with Crippen LogP contribution in [0.2, 0.25) is 0 Å². The highest BCUT2D eigenvalue weighted by molar-refractivity contribution is 8.00. The maximum absolute atomic E-state index is 11.8. The van der Waals surface area contributed by atoms with Gasteiger partial charge in [0.15, 0.2) is 0 Å². The van der Waals surface area contributed by atoms with Crippen LogP contribution in [0.25, 0.3) is 0 Å². The molecule has 2 nitrogen and oxygen atoms in total. The van der Waals surface area contributed by atoms with Gasteiger partial charge >= 0.3 is 5.97 Å². The molecule has 0 amide bonds. The van der Waals surface area contributed by atoms with Gasteiger partial charge in [-0.2, -0.15) is 0 Å². The van der Waals surface area contributed by atoms with Crippen molar-refractivity contribution in [3.8, 4) is 0 Å². The Morgan fingerprint density at radius 3 is 2.23 bits per heavy atom. The molecule has 2 aromatic carbocycles. The van der Waals surface area contributed by atoms with E-state index in [1.165, 1.54) is 10.5 Å². The fourth-order valence-electron chi connectivity index (χ4n) is 2.00. The van der Waals surface area contributed by atoms with Crippen LogP contribution in [0, 0.1) is 0 Å². The van der Waals surface area contributed by atoms with E-state index in [4.69, 9.17) is 4.74 Å². The summed E-state index contributed by atoms with van der Waals surface area (Å²) in [6.45, 7) is 7.01. The van der Waals surface area contributed by atoms with Crippen molar-refractivity contribution in [3.05, 3.63) is 65.7 Å². The first-order valence-electron chi connectivity index (χ1n) is 7.44. The first-order chi connectivity index (χ1) is 10.4. The van der Waals surface area contributed by atoms with E-state index in [2.05, 4.69) is 45.0 Å². The number of hydrogen-bond donors (Lipinski definition) is 0. The van der Waals surface area contributed by atoms with Crippen molar-refractivity contribution in [2.75, 3.05) is 6.61 Å². The summed E-state index contributed by atoms with van der Waals surface area (Å²) in [5, 5.41) is 0. The standard InChI is InChI=1S/C19H22O2S/c1-19(2,3)22-17-11-9-15(10-12-17)13-14-21-18(20)16-7-5-4-6-8-16/h4-12H,13-14H2,1-3H3. The van der Waals surface area contributed by atoms with Gasteiger partial charge < -0.3 is 4.74 Å². The van der Waals surface area contributed by atoms with Gasteiger partial charge in [0, 0.05) is 16.1 Å². The van der Waals surface area contributed by atoms with Crippen LogP contribution in [-0.2, 0) is 11.2 Å². The second-order valence-corrected chi connectivity index (χ2v) is 8.01. The van der Waals surface area contributed by atoms with E-state index in [1.807, 2.05) is 30.0 Å². The number of carbonyl (C=O) groups excluding carboxylic acids is 1. The summed E-state index contributed by atoms with van der Waals surface area (Å²) in [5.74, 6) is -0.263. The van der Waals surface area contributed by atoms with Gasteiger partial charge in [0.2, 0.25) is 0 Å². The molecule has 0 saturated heterocycles. The Kier molecular flexibility index (Phi) is 5.67. The van der Waals surface area contributed by atoms with Gasteiger partial charge in [-0.3, -0.25) is 0 Å². The number of carbonyl (C=O) groups is 1. The van der Waals surface area contributed by atoms with E-state index in [9.17, 15) is 4.79 Å². The van der Waals surface area contributed by atoms with Crippen molar-refractivity contribution >= 4 is 17.7 Å². The summed E-state index contributed by atoms with van der Waals surface area (Å²) < 4.78 is 5.51. The molecule has 0 unspecified atom stereocenters. The van der Waals surface area contributed by atoms with Crippen LogP contribution in [0.15, 0.2) is 59.5 Å². The van der Waals surface area contributed by atoms with Gasteiger partial charge in [-0.1, -0.05) is 51.1 Å². The lowest BCUT2D eigenvalue weighted by atomic mass is 10.2. The number of hydrogen-bond acceptors (Lipinski definition) is 3. The first kappa shape index (κ1) is 16.6. The third-order valence-electron chi connectivity index (χ3n) is 2.98. The van der Waals surface area contributed by atoms with Crippen LogP contribution in [-0.4, -0.2) is 17.3 Å². The first-order valence-corrected chi connectivity index (χ1v) is 8.26. The van der Waals surface area contributed by atoms with Gasteiger partial charge in [-0.05, 0) is 29.8 Å². The fourth-order valence-corrected chi connectivity index (χ4v) is 2.98. The molecule has 3 heteroatoms. The molecule has 0 N–H and O–H groups in total. The molecule has 0 fully saturated rings. The van der Waals surface area contributed by atoms with Gasteiger partial charge in [0.25, 0.3) is 0 Å². The van der Waals surface area contributed by atoms with Crippen molar-refractivity contribution in [1.82, 2.24) is 0 Å². The molecule has 2 aromatic rings. The molecular formula is C19H22O2S. The molecule has 116 valence electrons. The summed E-state index contributed by atoms with van der Waals surface area (Å²) in [6, 6.07) is 17.5. The molecule has 22 heavy (non-hydrogen) atoms. The van der Waals surface area contributed by atoms with Crippen LogP contribution in [0.1, 0.15) is 36.7 Å². The predicted molar refractivity (Wildman–Crippen MR) is 92.5 cm³/mol. The molecule has 2 rings (SSSR count). The lowest BCUT2D eigenvalue weighted by Crippen LogP contribution is -2.08. The minimum absolute atomic E-state index is 0.215. The van der Waals surface area contributed by atoms with Crippen molar-refractivity contribution in [2.45, 2.75) is 36.8 Å². The number of ether oxygens (including phenoxy) is 1. The molecule has 0 radical (unpaired) electrons. The normalized spacial score (nSPS) is 11.2. The second kappa shape index (κ2) is 7.50. The Bertz CT molecular complexity index is 598. The van der Waals surface area contributed by atoms with Crippen molar-refractivity contribution in [1.29, 1.82) is 0 Å². The Balaban J connectivity index is 1.81. The van der Waals surface area contributed by atoms with E-state index in [0.29, 0.717) is 12.2 Å².